The third-order valence-electron chi connectivity index (χ3n) is 4.06. The molecule has 1 atom stereocenters. The first kappa shape index (κ1) is 22.1. The van der Waals surface area contributed by atoms with Crippen molar-refractivity contribution >= 4 is 33.2 Å². The summed E-state index contributed by atoms with van der Waals surface area (Å²) in [5.41, 5.74) is 1.07. The second-order valence-corrected chi connectivity index (χ2v) is 8.62. The van der Waals surface area contributed by atoms with Gasteiger partial charge in [-0.1, -0.05) is 31.5 Å². The van der Waals surface area contributed by atoms with Crippen molar-refractivity contribution in [2.24, 2.45) is 0 Å². The highest BCUT2D eigenvalue weighted by Crippen LogP contribution is 2.28. The number of nitrogens with one attached hydrogen (secondary N) is 2. The zero-order chi connectivity index (χ0) is 21.1. The molecule has 152 valence electrons. The summed E-state index contributed by atoms with van der Waals surface area (Å²) in [7, 11) is -2.66. The molecule has 2 aromatic rings. The smallest absolute Gasteiger partial charge is 0.244 e. The minimum atomic E-state index is -4.03. The Bertz CT molecular complexity index is 980. The lowest BCUT2D eigenvalue weighted by Crippen LogP contribution is -2.41. The summed E-state index contributed by atoms with van der Waals surface area (Å²) in [6.07, 6.45) is 0. The first-order valence-corrected chi connectivity index (χ1v) is 10.4. The number of benzene rings is 2. The number of anilines is 1. The maximum atomic E-state index is 13.2. The van der Waals surface area contributed by atoms with E-state index in [4.69, 9.17) is 16.3 Å². The van der Waals surface area contributed by atoms with Crippen LogP contribution in [0.25, 0.3) is 0 Å². The van der Waals surface area contributed by atoms with Crippen LogP contribution in [0.3, 0.4) is 0 Å². The predicted molar refractivity (Wildman–Crippen MR) is 107 cm³/mol. The standard InChI is InChI=1S/C19H22ClFN2O4S/c1-11(2)13-5-8-17(27-4)18(9-13)28(25,26)23-12(3)19(24)22-14-6-7-16(21)15(20)10-14/h5-12,23H,1-4H3,(H,22,24). The van der Waals surface area contributed by atoms with E-state index in [2.05, 4.69) is 10.0 Å². The number of carbonyl (C=O) groups excluding carboxylic acids is 1. The van der Waals surface area contributed by atoms with E-state index < -0.39 is 27.8 Å². The van der Waals surface area contributed by atoms with E-state index in [0.29, 0.717) is 0 Å². The molecular formula is C19H22ClFN2O4S. The van der Waals surface area contributed by atoms with Crippen LogP contribution in [0.5, 0.6) is 5.75 Å². The van der Waals surface area contributed by atoms with Gasteiger partial charge in [-0.15, -0.1) is 0 Å². The van der Waals surface area contributed by atoms with Gasteiger partial charge in [-0.3, -0.25) is 4.79 Å². The largest absolute Gasteiger partial charge is 0.495 e. The molecule has 1 unspecified atom stereocenters. The zero-order valence-corrected chi connectivity index (χ0v) is 17.5. The fraction of sp³-hybridized carbons (Fsp3) is 0.316. The van der Waals surface area contributed by atoms with Gasteiger partial charge in [0.1, 0.15) is 16.5 Å². The fourth-order valence-electron chi connectivity index (χ4n) is 2.44. The van der Waals surface area contributed by atoms with Crippen LogP contribution in [0.1, 0.15) is 32.3 Å². The van der Waals surface area contributed by atoms with Crippen LogP contribution in [0.2, 0.25) is 5.02 Å². The molecule has 0 aliphatic rings. The summed E-state index contributed by atoms with van der Waals surface area (Å²) in [5.74, 6) is -0.950. The summed E-state index contributed by atoms with van der Waals surface area (Å²) >= 11 is 5.69. The minimum Gasteiger partial charge on any atom is -0.495 e. The molecule has 2 N–H and O–H groups in total. The summed E-state index contributed by atoms with van der Waals surface area (Å²) in [5, 5.41) is 2.34. The quantitative estimate of drug-likeness (QED) is 0.700. The molecule has 0 fully saturated rings. The van der Waals surface area contributed by atoms with Gasteiger partial charge in [0.15, 0.2) is 0 Å². The number of halogens is 2. The van der Waals surface area contributed by atoms with Gasteiger partial charge in [-0.05, 0) is 48.7 Å². The van der Waals surface area contributed by atoms with Gasteiger partial charge in [-0.25, -0.2) is 12.8 Å². The van der Waals surface area contributed by atoms with Gasteiger partial charge in [0.2, 0.25) is 15.9 Å². The molecule has 2 rings (SSSR count). The van der Waals surface area contributed by atoms with Crippen LogP contribution in [-0.4, -0.2) is 27.5 Å². The van der Waals surface area contributed by atoms with Crippen LogP contribution in [0, 0.1) is 5.82 Å². The number of carbonyl (C=O) groups is 1. The molecular weight excluding hydrogens is 407 g/mol. The average Bonchev–Trinajstić information content (AvgIpc) is 2.63. The summed E-state index contributed by atoms with van der Waals surface area (Å²) in [6.45, 7) is 5.28. The Morgan fingerprint density at radius 1 is 1.14 bits per heavy atom. The van der Waals surface area contributed by atoms with E-state index in [1.54, 1.807) is 12.1 Å². The van der Waals surface area contributed by atoms with E-state index in [-0.39, 0.29) is 27.3 Å². The number of ether oxygens (including phenoxy) is 1. The Labute approximate surface area is 169 Å². The van der Waals surface area contributed by atoms with Crippen molar-refractivity contribution in [3.63, 3.8) is 0 Å². The monoisotopic (exact) mass is 428 g/mol. The number of methoxy groups -OCH3 is 1. The maximum absolute atomic E-state index is 13.2. The minimum absolute atomic E-state index is 0.0503. The van der Waals surface area contributed by atoms with E-state index in [1.165, 1.54) is 32.2 Å². The molecule has 28 heavy (non-hydrogen) atoms. The molecule has 1 amide bonds. The number of hydrogen-bond acceptors (Lipinski definition) is 4. The second-order valence-electron chi connectivity index (χ2n) is 6.53. The van der Waals surface area contributed by atoms with Gasteiger partial charge in [0, 0.05) is 5.69 Å². The Hall–Kier alpha value is -2.16. The molecule has 0 bridgehead atoms. The molecule has 0 saturated heterocycles. The van der Waals surface area contributed by atoms with E-state index in [9.17, 15) is 17.6 Å². The molecule has 0 spiro atoms. The number of rotatable bonds is 7. The van der Waals surface area contributed by atoms with Crippen LogP contribution >= 0.6 is 11.6 Å². The lowest BCUT2D eigenvalue weighted by atomic mass is 10.0. The highest BCUT2D eigenvalue weighted by Gasteiger charge is 2.26. The topological polar surface area (TPSA) is 84.5 Å². The molecule has 6 nitrogen and oxygen atoms in total. The van der Waals surface area contributed by atoms with Gasteiger partial charge < -0.3 is 10.1 Å². The van der Waals surface area contributed by atoms with Crippen molar-refractivity contribution in [1.82, 2.24) is 4.72 Å². The van der Waals surface area contributed by atoms with Crippen molar-refractivity contribution in [3.05, 3.63) is 52.8 Å². The first-order chi connectivity index (χ1) is 13.0. The Balaban J connectivity index is 2.21. The third kappa shape index (κ3) is 5.21. The Morgan fingerprint density at radius 3 is 2.39 bits per heavy atom. The van der Waals surface area contributed by atoms with Crippen molar-refractivity contribution in [2.45, 2.75) is 37.6 Å². The molecule has 9 heteroatoms. The SMILES string of the molecule is COc1ccc(C(C)C)cc1S(=O)(=O)NC(C)C(=O)Nc1ccc(F)c(Cl)c1. The second kappa shape index (κ2) is 8.89. The van der Waals surface area contributed by atoms with Crippen molar-refractivity contribution in [2.75, 3.05) is 12.4 Å². The van der Waals surface area contributed by atoms with Gasteiger partial charge >= 0.3 is 0 Å². The Kier molecular flexibility index (Phi) is 7.03. The zero-order valence-electron chi connectivity index (χ0n) is 15.9. The maximum Gasteiger partial charge on any atom is 0.244 e. The summed E-state index contributed by atoms with van der Waals surface area (Å²) in [6, 6.07) is 7.47. The van der Waals surface area contributed by atoms with Gasteiger partial charge in [0.25, 0.3) is 0 Å². The highest BCUT2D eigenvalue weighted by atomic mass is 35.5. The summed E-state index contributed by atoms with van der Waals surface area (Å²) in [4.78, 5) is 12.3. The van der Waals surface area contributed by atoms with Crippen molar-refractivity contribution in [3.8, 4) is 5.75 Å². The molecule has 0 radical (unpaired) electrons. The lowest BCUT2D eigenvalue weighted by Gasteiger charge is -2.17. The number of sulfonamides is 1. The molecule has 0 saturated carbocycles. The van der Waals surface area contributed by atoms with Gasteiger partial charge in [0.05, 0.1) is 18.2 Å². The van der Waals surface area contributed by atoms with E-state index in [0.717, 1.165) is 11.6 Å². The van der Waals surface area contributed by atoms with Crippen molar-refractivity contribution < 1.29 is 22.3 Å². The molecule has 0 aliphatic carbocycles. The first-order valence-electron chi connectivity index (χ1n) is 8.51. The molecule has 2 aromatic carbocycles. The predicted octanol–water partition coefficient (Wildman–Crippen LogP) is 3.92. The molecule has 0 aliphatic heterocycles. The van der Waals surface area contributed by atoms with Crippen LogP contribution in [-0.2, 0) is 14.8 Å². The summed E-state index contributed by atoms with van der Waals surface area (Å²) < 4.78 is 46.3. The van der Waals surface area contributed by atoms with Gasteiger partial charge in [-0.2, -0.15) is 4.72 Å². The number of amides is 1. The van der Waals surface area contributed by atoms with Crippen molar-refractivity contribution in [1.29, 1.82) is 0 Å². The fourth-order valence-corrected chi connectivity index (χ4v) is 4.02. The average molecular weight is 429 g/mol. The molecule has 0 aromatic heterocycles. The lowest BCUT2D eigenvalue weighted by molar-refractivity contribution is -0.117. The third-order valence-corrected chi connectivity index (χ3v) is 5.91. The van der Waals surface area contributed by atoms with Crippen LogP contribution in [0.4, 0.5) is 10.1 Å². The molecule has 0 heterocycles. The van der Waals surface area contributed by atoms with E-state index >= 15 is 0 Å². The number of hydrogen-bond donors (Lipinski definition) is 2. The Morgan fingerprint density at radius 2 is 1.82 bits per heavy atom. The normalized spacial score (nSPS) is 12.7. The van der Waals surface area contributed by atoms with Crippen LogP contribution < -0.4 is 14.8 Å². The van der Waals surface area contributed by atoms with E-state index in [1.807, 2.05) is 13.8 Å². The highest BCUT2D eigenvalue weighted by molar-refractivity contribution is 7.89. The van der Waals surface area contributed by atoms with Crippen LogP contribution in [0.15, 0.2) is 41.3 Å².